The molecule has 1 aromatic carbocycles. The lowest BCUT2D eigenvalue weighted by Crippen LogP contribution is -2.45. The monoisotopic (exact) mass is 514 g/mol. The molecule has 0 bridgehead atoms. The first-order valence-electron chi connectivity index (χ1n) is 10.2. The third-order valence-corrected chi connectivity index (χ3v) is 7.03. The van der Waals surface area contributed by atoms with Gasteiger partial charge in [0, 0.05) is 19.0 Å². The maximum atomic E-state index is 13.6. The SMILES string of the molecule is CS(=O)c1[nH]nc2ncnc(N3CC[C@H]3c3nn4ccc(Cl)c4c(=O)n3-c3ccccc3)c12.S. The zero-order valence-electron chi connectivity index (χ0n) is 17.8. The van der Waals surface area contributed by atoms with Crippen LogP contribution in [-0.2, 0) is 10.8 Å². The number of aromatic amines is 1. The average Bonchev–Trinajstić information content (AvgIpc) is 3.38. The van der Waals surface area contributed by atoms with Gasteiger partial charge in [-0.05, 0) is 24.6 Å². The first kappa shape index (κ1) is 22.6. The van der Waals surface area contributed by atoms with Gasteiger partial charge in [0.25, 0.3) is 5.56 Å². The molecule has 0 saturated carbocycles. The van der Waals surface area contributed by atoms with Crippen LogP contribution in [0.2, 0.25) is 5.02 Å². The molecular formula is C21H19ClN8O2S2. The van der Waals surface area contributed by atoms with E-state index in [0.717, 1.165) is 6.42 Å². The van der Waals surface area contributed by atoms with Crippen molar-refractivity contribution in [2.75, 3.05) is 17.7 Å². The van der Waals surface area contributed by atoms with Crippen molar-refractivity contribution in [1.82, 2.24) is 34.3 Å². The quantitative estimate of drug-likeness (QED) is 0.392. The maximum absolute atomic E-state index is 13.6. The molecule has 34 heavy (non-hydrogen) atoms. The predicted octanol–water partition coefficient (Wildman–Crippen LogP) is 2.61. The Bertz CT molecular complexity index is 1610. The van der Waals surface area contributed by atoms with Gasteiger partial charge < -0.3 is 4.90 Å². The smallest absolute Gasteiger partial charge is 0.284 e. The summed E-state index contributed by atoms with van der Waals surface area (Å²) in [4.78, 5) is 24.3. The van der Waals surface area contributed by atoms with E-state index in [9.17, 15) is 9.00 Å². The summed E-state index contributed by atoms with van der Waals surface area (Å²) in [5.41, 5.74) is 1.21. The van der Waals surface area contributed by atoms with Crippen LogP contribution in [0.3, 0.4) is 0 Å². The Hall–Kier alpha value is -3.22. The highest BCUT2D eigenvalue weighted by atomic mass is 35.5. The van der Waals surface area contributed by atoms with Crippen molar-refractivity contribution < 1.29 is 4.21 Å². The van der Waals surface area contributed by atoms with E-state index < -0.39 is 10.8 Å². The van der Waals surface area contributed by atoms with Gasteiger partial charge in [-0.1, -0.05) is 29.8 Å². The fourth-order valence-electron chi connectivity index (χ4n) is 4.24. The summed E-state index contributed by atoms with van der Waals surface area (Å²) >= 11 is 6.30. The minimum absolute atomic E-state index is 0. The molecule has 0 amide bonds. The highest BCUT2D eigenvalue weighted by Crippen LogP contribution is 2.40. The molecule has 1 aliphatic heterocycles. The van der Waals surface area contributed by atoms with Gasteiger partial charge in [-0.2, -0.15) is 23.7 Å². The molecule has 0 radical (unpaired) electrons. The Balaban J connectivity index is 0.00000241. The zero-order chi connectivity index (χ0) is 22.7. The van der Waals surface area contributed by atoms with Gasteiger partial charge in [-0.25, -0.2) is 14.5 Å². The number of anilines is 1. The highest BCUT2D eigenvalue weighted by molar-refractivity contribution is 7.84. The van der Waals surface area contributed by atoms with Crippen molar-refractivity contribution in [1.29, 1.82) is 0 Å². The van der Waals surface area contributed by atoms with E-state index in [0.29, 0.717) is 50.5 Å². The summed E-state index contributed by atoms with van der Waals surface area (Å²) in [7, 11) is -1.30. The number of hydrogen-bond donors (Lipinski definition) is 1. The van der Waals surface area contributed by atoms with Crippen molar-refractivity contribution in [2.24, 2.45) is 0 Å². The molecule has 6 rings (SSSR count). The molecule has 5 aromatic rings. The molecule has 4 aromatic heterocycles. The Morgan fingerprint density at radius 2 is 1.97 bits per heavy atom. The maximum Gasteiger partial charge on any atom is 0.284 e. The number of benzene rings is 1. The van der Waals surface area contributed by atoms with Crippen LogP contribution >= 0.6 is 25.1 Å². The minimum Gasteiger partial charge on any atom is -0.345 e. The molecule has 174 valence electrons. The summed E-state index contributed by atoms with van der Waals surface area (Å²) in [6.45, 7) is 0.687. The number of fused-ring (bicyclic) bond motifs is 2. The Morgan fingerprint density at radius 3 is 2.68 bits per heavy atom. The van der Waals surface area contributed by atoms with E-state index in [1.54, 1.807) is 23.1 Å². The summed E-state index contributed by atoms with van der Waals surface area (Å²) in [6.07, 6.45) is 5.45. The fourth-order valence-corrected chi connectivity index (χ4v) is 5.11. The number of aromatic nitrogens is 7. The van der Waals surface area contributed by atoms with E-state index in [-0.39, 0.29) is 25.1 Å². The van der Waals surface area contributed by atoms with Crippen molar-refractivity contribution in [3.05, 3.63) is 70.1 Å². The number of para-hydroxylation sites is 1. The standard InChI is InChI=1S/C21H17ClN8O2S.H2S/c1-33(32)20-15-17(25-26-20)23-11-24-19(15)28-9-8-14(28)18-27-29-10-7-13(22)16(29)21(31)30(18)12-5-3-2-4-6-12;/h2-7,10-11,14H,8-9H2,1H3,(H,23,24,25,26);1H2/t14-,33?;/m0./s1. The van der Waals surface area contributed by atoms with Gasteiger partial charge in [-0.15, -0.1) is 0 Å². The van der Waals surface area contributed by atoms with E-state index in [2.05, 4.69) is 20.2 Å². The summed E-state index contributed by atoms with van der Waals surface area (Å²) < 4.78 is 15.4. The molecule has 5 heterocycles. The molecule has 0 spiro atoms. The van der Waals surface area contributed by atoms with Crippen LogP contribution in [0.15, 0.2) is 58.7 Å². The van der Waals surface area contributed by atoms with Crippen molar-refractivity contribution in [2.45, 2.75) is 17.5 Å². The Morgan fingerprint density at radius 1 is 1.18 bits per heavy atom. The van der Waals surface area contributed by atoms with Crippen molar-refractivity contribution in [3.8, 4) is 5.69 Å². The molecule has 0 aliphatic carbocycles. The second-order valence-corrected chi connectivity index (χ2v) is 9.42. The Labute approximate surface area is 207 Å². The fraction of sp³-hybridized carbons (Fsp3) is 0.190. The van der Waals surface area contributed by atoms with Crippen molar-refractivity contribution in [3.63, 3.8) is 0 Å². The second kappa shape index (κ2) is 8.53. The van der Waals surface area contributed by atoms with Crippen molar-refractivity contribution >= 4 is 58.3 Å². The van der Waals surface area contributed by atoms with E-state index in [1.807, 2.05) is 35.2 Å². The minimum atomic E-state index is -1.30. The lowest BCUT2D eigenvalue weighted by Gasteiger charge is -2.42. The molecular weight excluding hydrogens is 496 g/mol. The van der Waals surface area contributed by atoms with E-state index in [4.69, 9.17) is 16.7 Å². The third kappa shape index (κ3) is 3.32. The lowest BCUT2D eigenvalue weighted by molar-refractivity contribution is 0.424. The molecule has 10 nitrogen and oxygen atoms in total. The first-order chi connectivity index (χ1) is 16.0. The van der Waals surface area contributed by atoms with E-state index >= 15 is 0 Å². The van der Waals surface area contributed by atoms with Gasteiger partial charge in [0.2, 0.25) is 0 Å². The van der Waals surface area contributed by atoms with Crippen LogP contribution in [0.4, 0.5) is 5.82 Å². The molecule has 1 N–H and O–H groups in total. The molecule has 1 unspecified atom stereocenters. The number of nitrogens with zero attached hydrogens (tertiary/aromatic N) is 7. The van der Waals surface area contributed by atoms with Crippen LogP contribution < -0.4 is 10.5 Å². The molecule has 2 atom stereocenters. The van der Waals surface area contributed by atoms with Gasteiger partial charge in [-0.3, -0.25) is 18.7 Å². The first-order valence-corrected chi connectivity index (χ1v) is 12.1. The number of rotatable bonds is 4. The zero-order valence-corrected chi connectivity index (χ0v) is 20.4. The molecule has 1 saturated heterocycles. The number of hydrogen-bond acceptors (Lipinski definition) is 7. The number of H-pyrrole nitrogens is 1. The van der Waals surface area contributed by atoms with Crippen LogP contribution in [0.1, 0.15) is 18.3 Å². The average molecular weight is 515 g/mol. The molecule has 1 aliphatic rings. The van der Waals surface area contributed by atoms with Gasteiger partial charge in [0.15, 0.2) is 11.5 Å². The molecule has 13 heteroatoms. The molecule has 1 fully saturated rings. The third-order valence-electron chi connectivity index (χ3n) is 5.85. The Kier molecular flexibility index (Phi) is 5.66. The lowest BCUT2D eigenvalue weighted by atomic mass is 10.0. The van der Waals surface area contributed by atoms with E-state index in [1.165, 1.54) is 10.8 Å². The predicted molar refractivity (Wildman–Crippen MR) is 135 cm³/mol. The number of nitrogens with one attached hydrogen (secondary N) is 1. The van der Waals surface area contributed by atoms with Gasteiger partial charge >= 0.3 is 0 Å². The summed E-state index contributed by atoms with van der Waals surface area (Å²) in [5, 5.41) is 13.2. The topological polar surface area (TPSA) is 114 Å². The van der Waals surface area contributed by atoms with Crippen LogP contribution in [0.25, 0.3) is 22.2 Å². The summed E-state index contributed by atoms with van der Waals surface area (Å²) in [5.74, 6) is 1.17. The number of halogens is 1. The van der Waals surface area contributed by atoms with Gasteiger partial charge in [0.05, 0.1) is 32.9 Å². The van der Waals surface area contributed by atoms with Crippen LogP contribution in [-0.4, -0.2) is 51.4 Å². The van der Waals surface area contributed by atoms with Crippen LogP contribution in [0, 0.1) is 0 Å². The van der Waals surface area contributed by atoms with Gasteiger partial charge in [0.1, 0.15) is 22.7 Å². The summed E-state index contributed by atoms with van der Waals surface area (Å²) in [6, 6.07) is 10.8. The largest absolute Gasteiger partial charge is 0.345 e. The second-order valence-electron chi connectivity index (χ2n) is 7.69. The normalized spacial score (nSPS) is 16.4. The van der Waals surface area contributed by atoms with Crippen LogP contribution in [0.5, 0.6) is 0 Å². The highest BCUT2D eigenvalue weighted by Gasteiger charge is 2.37.